The molecule has 0 radical (unpaired) electrons. The van der Waals surface area contributed by atoms with Crippen LogP contribution in [0, 0.1) is 0 Å². The van der Waals surface area contributed by atoms with E-state index in [1.165, 1.54) is 12.1 Å². The first kappa shape index (κ1) is 22.7. The largest absolute Gasteiger partial charge is 0.385 e. The van der Waals surface area contributed by atoms with Crippen LogP contribution in [0.5, 0.6) is 0 Å². The fourth-order valence-corrected chi connectivity index (χ4v) is 4.57. The molecule has 1 heterocycles. The molecule has 10 heteroatoms. The van der Waals surface area contributed by atoms with Crippen LogP contribution in [0.15, 0.2) is 29.2 Å². The Hall–Kier alpha value is -2.01. The summed E-state index contributed by atoms with van der Waals surface area (Å²) in [4.78, 5) is 28.6. The number of hydrogen-bond acceptors (Lipinski definition) is 6. The molecule has 30 heavy (non-hydrogen) atoms. The zero-order chi connectivity index (χ0) is 21.6. The molecule has 2 amide bonds. The van der Waals surface area contributed by atoms with Gasteiger partial charge in [0.05, 0.1) is 11.4 Å². The van der Waals surface area contributed by atoms with Crippen molar-refractivity contribution in [1.29, 1.82) is 0 Å². The third-order valence-corrected chi connectivity index (χ3v) is 6.72. The van der Waals surface area contributed by atoms with Crippen LogP contribution in [0.3, 0.4) is 0 Å². The van der Waals surface area contributed by atoms with E-state index in [2.05, 4.69) is 10.0 Å². The first-order valence-electron chi connectivity index (χ1n) is 10.3. The first-order valence-corrected chi connectivity index (χ1v) is 11.8. The third kappa shape index (κ3) is 6.49. The lowest BCUT2D eigenvalue weighted by Gasteiger charge is -2.34. The van der Waals surface area contributed by atoms with Gasteiger partial charge in [0.2, 0.25) is 15.9 Å². The summed E-state index contributed by atoms with van der Waals surface area (Å²) in [6, 6.07) is 6.11. The molecule has 1 aromatic rings. The molecule has 2 N–H and O–H groups in total. The molecule has 3 rings (SSSR count). The van der Waals surface area contributed by atoms with Crippen LogP contribution in [0.4, 0.5) is 0 Å². The number of hydrogen-bond donors (Lipinski definition) is 2. The molecule has 0 unspecified atom stereocenters. The molecule has 1 aromatic carbocycles. The summed E-state index contributed by atoms with van der Waals surface area (Å²) in [5.41, 5.74) is 0.463. The minimum absolute atomic E-state index is 0.0255. The number of nitrogens with one attached hydrogen (secondary N) is 2. The highest BCUT2D eigenvalue weighted by Crippen LogP contribution is 2.22. The molecular weight excluding hydrogens is 408 g/mol. The molecule has 1 aliphatic heterocycles. The van der Waals surface area contributed by atoms with Crippen molar-refractivity contribution < 1.29 is 22.7 Å². The number of carbonyl (C=O) groups is 2. The fourth-order valence-electron chi connectivity index (χ4n) is 3.26. The Kier molecular flexibility index (Phi) is 7.81. The van der Waals surface area contributed by atoms with Gasteiger partial charge in [-0.15, -0.1) is 0 Å². The molecule has 1 aliphatic carbocycles. The summed E-state index contributed by atoms with van der Waals surface area (Å²) < 4.78 is 32.1. The second-order valence-electron chi connectivity index (χ2n) is 7.68. The molecule has 1 saturated carbocycles. The van der Waals surface area contributed by atoms with Crippen LogP contribution >= 0.6 is 0 Å². The summed E-state index contributed by atoms with van der Waals surface area (Å²) in [7, 11) is -1.89. The van der Waals surface area contributed by atoms with Crippen LogP contribution < -0.4 is 10.0 Å². The predicted molar refractivity (Wildman–Crippen MR) is 112 cm³/mol. The maximum Gasteiger partial charge on any atom is 0.253 e. The monoisotopic (exact) mass is 438 g/mol. The van der Waals surface area contributed by atoms with Crippen molar-refractivity contribution in [3.05, 3.63) is 29.8 Å². The molecule has 2 aliphatic rings. The Morgan fingerprint density at radius 1 is 1.10 bits per heavy atom. The Balaban J connectivity index is 1.45. The van der Waals surface area contributed by atoms with Gasteiger partial charge >= 0.3 is 0 Å². The topological polar surface area (TPSA) is 108 Å². The minimum atomic E-state index is -3.52. The zero-order valence-electron chi connectivity index (χ0n) is 17.3. The van der Waals surface area contributed by atoms with Crippen molar-refractivity contribution in [1.82, 2.24) is 19.8 Å². The Labute approximate surface area is 177 Å². The first-order chi connectivity index (χ1) is 14.4. The van der Waals surface area contributed by atoms with Gasteiger partial charge in [-0.05, 0) is 43.5 Å². The van der Waals surface area contributed by atoms with Crippen molar-refractivity contribution in [2.24, 2.45) is 0 Å². The maximum atomic E-state index is 12.7. The van der Waals surface area contributed by atoms with Crippen LogP contribution in [-0.2, 0) is 19.6 Å². The quantitative estimate of drug-likeness (QED) is 0.500. The van der Waals surface area contributed by atoms with Gasteiger partial charge in [0.25, 0.3) is 5.91 Å². The number of nitrogens with zero attached hydrogens (tertiary/aromatic N) is 2. The molecule has 0 atom stereocenters. The van der Waals surface area contributed by atoms with Gasteiger partial charge < -0.3 is 15.0 Å². The molecule has 2 fully saturated rings. The average Bonchev–Trinajstić information content (AvgIpc) is 3.55. The van der Waals surface area contributed by atoms with E-state index in [-0.39, 0.29) is 22.8 Å². The Bertz CT molecular complexity index is 831. The highest BCUT2D eigenvalue weighted by molar-refractivity contribution is 7.89. The van der Waals surface area contributed by atoms with Crippen LogP contribution in [-0.4, -0.2) is 89.1 Å². The maximum absolute atomic E-state index is 12.7. The summed E-state index contributed by atoms with van der Waals surface area (Å²) in [5.74, 6) is -0.153. The number of benzene rings is 1. The van der Waals surface area contributed by atoms with Gasteiger partial charge in [-0.3, -0.25) is 14.5 Å². The number of piperazine rings is 1. The fraction of sp³-hybridized carbons (Fsp3) is 0.600. The molecule has 166 valence electrons. The molecule has 0 spiro atoms. The molecule has 0 aromatic heterocycles. The SMILES string of the molecule is COCCCNC(=O)CN1CCN(C(=O)c2ccc(S(=O)(=O)NC3CC3)cc2)CC1. The van der Waals surface area contributed by atoms with E-state index in [9.17, 15) is 18.0 Å². The summed E-state index contributed by atoms with van der Waals surface area (Å²) >= 11 is 0. The highest BCUT2D eigenvalue weighted by atomic mass is 32.2. The van der Waals surface area contributed by atoms with Crippen LogP contribution in [0.25, 0.3) is 0 Å². The number of amides is 2. The van der Waals surface area contributed by atoms with Gasteiger partial charge in [-0.2, -0.15) is 0 Å². The number of methoxy groups -OCH3 is 1. The van der Waals surface area contributed by atoms with E-state index in [1.54, 1.807) is 24.1 Å². The predicted octanol–water partition coefficient (Wildman–Crippen LogP) is 0.0378. The van der Waals surface area contributed by atoms with Crippen molar-refractivity contribution in [2.45, 2.75) is 30.2 Å². The lowest BCUT2D eigenvalue weighted by atomic mass is 10.2. The minimum Gasteiger partial charge on any atom is -0.385 e. The second kappa shape index (κ2) is 10.3. The molecule has 9 nitrogen and oxygen atoms in total. The van der Waals surface area contributed by atoms with Gasteiger partial charge in [-0.1, -0.05) is 0 Å². The number of sulfonamides is 1. The highest BCUT2D eigenvalue weighted by Gasteiger charge is 2.28. The normalized spacial score (nSPS) is 17.7. The van der Waals surface area contributed by atoms with Crippen molar-refractivity contribution in [2.75, 3.05) is 53.0 Å². The van der Waals surface area contributed by atoms with Crippen molar-refractivity contribution in [3.63, 3.8) is 0 Å². The molecular formula is C20H30N4O5S. The average molecular weight is 439 g/mol. The zero-order valence-corrected chi connectivity index (χ0v) is 18.1. The van der Waals surface area contributed by atoms with Gasteiger partial charge in [0.15, 0.2) is 0 Å². The van der Waals surface area contributed by atoms with E-state index in [0.29, 0.717) is 51.4 Å². The molecule has 0 bridgehead atoms. The summed E-state index contributed by atoms with van der Waals surface area (Å²) in [6.07, 6.45) is 2.52. The number of ether oxygens (including phenoxy) is 1. The second-order valence-corrected chi connectivity index (χ2v) is 9.40. The van der Waals surface area contributed by atoms with E-state index >= 15 is 0 Å². The van der Waals surface area contributed by atoms with Gasteiger partial charge in [0.1, 0.15) is 0 Å². The lowest BCUT2D eigenvalue weighted by Crippen LogP contribution is -2.51. The smallest absolute Gasteiger partial charge is 0.253 e. The number of rotatable bonds is 10. The Morgan fingerprint density at radius 2 is 1.77 bits per heavy atom. The summed E-state index contributed by atoms with van der Waals surface area (Å²) in [5, 5.41) is 2.86. The van der Waals surface area contributed by atoms with Crippen LogP contribution in [0.1, 0.15) is 29.6 Å². The third-order valence-electron chi connectivity index (χ3n) is 5.18. The van der Waals surface area contributed by atoms with E-state index in [0.717, 1.165) is 19.3 Å². The molecule has 1 saturated heterocycles. The summed E-state index contributed by atoms with van der Waals surface area (Å²) in [6.45, 7) is 3.82. The van der Waals surface area contributed by atoms with Crippen molar-refractivity contribution in [3.8, 4) is 0 Å². The van der Waals surface area contributed by atoms with Crippen LogP contribution in [0.2, 0.25) is 0 Å². The Morgan fingerprint density at radius 3 is 2.37 bits per heavy atom. The van der Waals surface area contributed by atoms with E-state index in [1.807, 2.05) is 4.90 Å². The van der Waals surface area contributed by atoms with E-state index < -0.39 is 10.0 Å². The van der Waals surface area contributed by atoms with Gasteiger partial charge in [0, 0.05) is 58.0 Å². The lowest BCUT2D eigenvalue weighted by molar-refractivity contribution is -0.122. The number of carbonyl (C=O) groups excluding carboxylic acids is 2. The standard InChI is InChI=1S/C20H30N4O5S/c1-29-14-2-9-21-19(25)15-23-10-12-24(13-11-23)20(26)16-3-7-18(8-4-16)30(27,28)22-17-5-6-17/h3-4,7-8,17,22H,2,5-6,9-15H2,1H3,(H,21,25). The van der Waals surface area contributed by atoms with Crippen molar-refractivity contribution >= 4 is 21.8 Å². The van der Waals surface area contributed by atoms with Gasteiger partial charge in [-0.25, -0.2) is 13.1 Å². The van der Waals surface area contributed by atoms with E-state index in [4.69, 9.17) is 4.74 Å².